The number of nitrogens with zero attached hydrogens (tertiary/aromatic N) is 1. The normalized spacial score (nSPS) is 11.3. The lowest BCUT2D eigenvalue weighted by Gasteiger charge is -2.08. The highest BCUT2D eigenvalue weighted by Gasteiger charge is 2.12. The molecule has 0 unspecified atom stereocenters. The van der Waals surface area contributed by atoms with Gasteiger partial charge in [0.15, 0.2) is 0 Å². The lowest BCUT2D eigenvalue weighted by Crippen LogP contribution is -2.16. The Morgan fingerprint density at radius 1 is 1.07 bits per heavy atom. The first-order valence-corrected chi connectivity index (χ1v) is 8.97. The third-order valence-electron chi connectivity index (χ3n) is 3.37. The third-order valence-corrected chi connectivity index (χ3v) is 4.30. The number of anilines is 2. The van der Waals surface area contributed by atoms with Crippen LogP contribution in [0.1, 0.15) is 10.4 Å². The van der Waals surface area contributed by atoms with Crippen LogP contribution in [0.25, 0.3) is 0 Å². The van der Waals surface area contributed by atoms with E-state index in [1.54, 1.807) is 24.3 Å². The summed E-state index contributed by atoms with van der Waals surface area (Å²) >= 11 is 0. The van der Waals surface area contributed by atoms with Gasteiger partial charge in [0.25, 0.3) is 11.8 Å². The summed E-state index contributed by atoms with van der Waals surface area (Å²) in [4.78, 5) is 23.5. The average Bonchev–Trinajstić information content (AvgIpc) is 2.62. The largest absolute Gasteiger partial charge is 0.366 e. The third kappa shape index (κ3) is 5.15. The van der Waals surface area contributed by atoms with Crippen molar-refractivity contribution in [1.29, 1.82) is 5.26 Å². The molecule has 9 nitrogen and oxygen atoms in total. The summed E-state index contributed by atoms with van der Waals surface area (Å²) in [6.07, 6.45) is 1.13. The van der Waals surface area contributed by atoms with Gasteiger partial charge in [-0.25, -0.2) is 13.6 Å². The molecule has 2 amide bonds. The predicted molar refractivity (Wildman–Crippen MR) is 98.7 cm³/mol. The summed E-state index contributed by atoms with van der Waals surface area (Å²) in [6.45, 7) is 0. The van der Waals surface area contributed by atoms with Crippen molar-refractivity contribution < 1.29 is 18.0 Å². The predicted octanol–water partition coefficient (Wildman–Crippen LogP) is 0.891. The average molecular weight is 385 g/mol. The van der Waals surface area contributed by atoms with Gasteiger partial charge in [-0.15, -0.1) is 0 Å². The lowest BCUT2D eigenvalue weighted by atomic mass is 10.1. The topological polar surface area (TPSA) is 168 Å². The minimum atomic E-state index is -3.84. The molecule has 0 heterocycles. The Kier molecular flexibility index (Phi) is 5.92. The number of para-hydroxylation sites is 1. The maximum Gasteiger partial charge on any atom is 0.267 e. The smallest absolute Gasteiger partial charge is 0.267 e. The highest BCUT2D eigenvalue weighted by atomic mass is 32.2. The van der Waals surface area contributed by atoms with Gasteiger partial charge in [0.2, 0.25) is 10.0 Å². The van der Waals surface area contributed by atoms with Crippen LogP contribution in [-0.4, -0.2) is 20.2 Å². The fourth-order valence-electron chi connectivity index (χ4n) is 2.05. The zero-order valence-electron chi connectivity index (χ0n) is 13.8. The van der Waals surface area contributed by atoms with Gasteiger partial charge in [0, 0.05) is 11.9 Å². The van der Waals surface area contributed by atoms with E-state index in [-0.39, 0.29) is 21.7 Å². The summed E-state index contributed by atoms with van der Waals surface area (Å²) < 4.78 is 22.4. The van der Waals surface area contributed by atoms with Crippen molar-refractivity contribution in [2.75, 3.05) is 10.6 Å². The van der Waals surface area contributed by atoms with Gasteiger partial charge in [0.05, 0.1) is 16.1 Å². The summed E-state index contributed by atoms with van der Waals surface area (Å²) in [5, 5.41) is 19.3. The van der Waals surface area contributed by atoms with Crippen LogP contribution in [-0.2, 0) is 14.8 Å². The van der Waals surface area contributed by atoms with Crippen molar-refractivity contribution in [2.24, 2.45) is 10.9 Å². The standard InChI is InChI=1S/C17H15N5O4S/c18-9-11(10-21-15-4-2-1-3-14(15)16(19)23)17(24)22-12-5-7-13(8-6-12)27(20,25)26/h1-8,10,21H,(H2,19,23)(H,22,24)(H2,20,25,26)/b11-10-. The van der Waals surface area contributed by atoms with Crippen LogP contribution < -0.4 is 21.5 Å². The molecule has 2 rings (SSSR count). The number of amides is 2. The molecule has 0 aromatic heterocycles. The van der Waals surface area contributed by atoms with E-state index in [1.807, 2.05) is 0 Å². The van der Waals surface area contributed by atoms with E-state index in [1.165, 1.54) is 30.3 Å². The van der Waals surface area contributed by atoms with Crippen LogP contribution in [0.3, 0.4) is 0 Å². The molecule has 0 atom stereocenters. The molecule has 27 heavy (non-hydrogen) atoms. The van der Waals surface area contributed by atoms with Crippen LogP contribution in [0, 0.1) is 11.3 Å². The zero-order chi connectivity index (χ0) is 20.0. The first-order valence-electron chi connectivity index (χ1n) is 7.42. The number of sulfonamides is 1. The molecule has 0 saturated carbocycles. The van der Waals surface area contributed by atoms with Gasteiger partial charge in [-0.3, -0.25) is 9.59 Å². The number of nitrogens with two attached hydrogens (primary N) is 2. The molecule has 0 aliphatic carbocycles. The number of hydrogen-bond donors (Lipinski definition) is 4. The van der Waals surface area contributed by atoms with Crippen LogP contribution in [0.5, 0.6) is 0 Å². The molecule has 10 heteroatoms. The van der Waals surface area contributed by atoms with Gasteiger partial charge in [0.1, 0.15) is 11.6 Å². The molecular weight excluding hydrogens is 370 g/mol. The molecule has 0 fully saturated rings. The maximum absolute atomic E-state index is 12.2. The quantitative estimate of drug-likeness (QED) is 0.425. The molecule has 0 bridgehead atoms. The molecule has 0 aliphatic heterocycles. The number of carbonyl (C=O) groups excluding carboxylic acids is 2. The van der Waals surface area contributed by atoms with Crippen LogP contribution in [0.2, 0.25) is 0 Å². The summed E-state index contributed by atoms with van der Waals surface area (Å²) in [5.74, 6) is -1.39. The van der Waals surface area contributed by atoms with Crippen LogP contribution >= 0.6 is 0 Å². The number of primary sulfonamides is 1. The van der Waals surface area contributed by atoms with Crippen LogP contribution in [0.4, 0.5) is 11.4 Å². The van der Waals surface area contributed by atoms with E-state index < -0.39 is 21.8 Å². The van der Waals surface area contributed by atoms with Crippen molar-refractivity contribution in [3.63, 3.8) is 0 Å². The Hall–Kier alpha value is -3.68. The number of primary amides is 1. The highest BCUT2D eigenvalue weighted by molar-refractivity contribution is 7.89. The van der Waals surface area contributed by atoms with Gasteiger partial charge < -0.3 is 16.4 Å². The Morgan fingerprint density at radius 3 is 2.26 bits per heavy atom. The van der Waals surface area contributed by atoms with Crippen molar-refractivity contribution in [2.45, 2.75) is 4.90 Å². The van der Waals surface area contributed by atoms with E-state index in [2.05, 4.69) is 10.6 Å². The van der Waals surface area contributed by atoms with Crippen molar-refractivity contribution in [3.05, 3.63) is 65.9 Å². The monoisotopic (exact) mass is 385 g/mol. The minimum Gasteiger partial charge on any atom is -0.366 e. The number of nitrogens with one attached hydrogen (secondary N) is 2. The second-order valence-corrected chi connectivity index (χ2v) is 6.81. The van der Waals surface area contributed by atoms with E-state index in [0.717, 1.165) is 6.20 Å². The number of nitriles is 1. The number of carbonyl (C=O) groups is 2. The van der Waals surface area contributed by atoms with Crippen LogP contribution in [0.15, 0.2) is 65.2 Å². The second kappa shape index (κ2) is 8.13. The second-order valence-electron chi connectivity index (χ2n) is 5.25. The van der Waals surface area contributed by atoms with Gasteiger partial charge in [-0.2, -0.15) is 5.26 Å². The first-order chi connectivity index (χ1) is 12.7. The maximum atomic E-state index is 12.2. The van der Waals surface area contributed by atoms with Crippen molar-refractivity contribution >= 4 is 33.2 Å². The molecule has 0 aliphatic rings. The summed E-state index contributed by atoms with van der Waals surface area (Å²) in [6, 6.07) is 13.2. The fraction of sp³-hybridized carbons (Fsp3) is 0. The fourth-order valence-corrected chi connectivity index (χ4v) is 2.56. The zero-order valence-corrected chi connectivity index (χ0v) is 14.7. The summed E-state index contributed by atoms with van der Waals surface area (Å²) in [5.41, 5.74) is 5.79. The Labute approximate surface area is 155 Å². The summed E-state index contributed by atoms with van der Waals surface area (Å²) in [7, 11) is -3.84. The molecule has 2 aromatic carbocycles. The Bertz CT molecular complexity index is 1050. The highest BCUT2D eigenvalue weighted by Crippen LogP contribution is 2.16. The molecule has 138 valence electrons. The molecule has 0 radical (unpaired) electrons. The Morgan fingerprint density at radius 2 is 1.70 bits per heavy atom. The van der Waals surface area contributed by atoms with E-state index in [0.29, 0.717) is 5.69 Å². The van der Waals surface area contributed by atoms with Gasteiger partial charge in [-0.05, 0) is 36.4 Å². The first kappa shape index (κ1) is 19.6. The molecular formula is C17H15N5O4S. The molecule has 0 saturated heterocycles. The van der Waals surface area contributed by atoms with Gasteiger partial charge >= 0.3 is 0 Å². The number of rotatable bonds is 6. The Balaban J connectivity index is 2.16. The van der Waals surface area contributed by atoms with Crippen molar-refractivity contribution in [3.8, 4) is 6.07 Å². The van der Waals surface area contributed by atoms with Crippen molar-refractivity contribution in [1.82, 2.24) is 0 Å². The minimum absolute atomic E-state index is 0.110. The SMILES string of the molecule is N#C/C(=C/Nc1ccccc1C(N)=O)C(=O)Nc1ccc(S(N)(=O)=O)cc1. The number of hydrogen-bond acceptors (Lipinski definition) is 6. The molecule has 2 aromatic rings. The lowest BCUT2D eigenvalue weighted by molar-refractivity contribution is -0.112. The molecule has 0 spiro atoms. The van der Waals surface area contributed by atoms with Gasteiger partial charge in [-0.1, -0.05) is 12.1 Å². The number of benzene rings is 2. The van der Waals surface area contributed by atoms with E-state index in [9.17, 15) is 23.3 Å². The molecule has 6 N–H and O–H groups in total. The van der Waals surface area contributed by atoms with E-state index in [4.69, 9.17) is 10.9 Å². The van der Waals surface area contributed by atoms with E-state index >= 15 is 0 Å².